The zero-order valence-electron chi connectivity index (χ0n) is 10.4. The summed E-state index contributed by atoms with van der Waals surface area (Å²) in [4.78, 5) is 0. The summed E-state index contributed by atoms with van der Waals surface area (Å²) in [5.41, 5.74) is 8.06. The third kappa shape index (κ3) is 3.15. The van der Waals surface area contributed by atoms with Gasteiger partial charge in [-0.2, -0.15) is 0 Å². The molecule has 96 valence electrons. The second-order valence-electron chi connectivity index (χ2n) is 4.13. The average Bonchev–Trinajstić information content (AvgIpc) is 2.71. The monoisotopic (exact) mass is 308 g/mol. The molecule has 2 aromatic rings. The Morgan fingerprint density at radius 1 is 1.33 bits per heavy atom. The molecule has 0 amide bonds. The Morgan fingerprint density at radius 2 is 2.17 bits per heavy atom. The van der Waals surface area contributed by atoms with E-state index in [1.807, 2.05) is 24.3 Å². The summed E-state index contributed by atoms with van der Waals surface area (Å²) in [5.74, 6) is 0.883. The van der Waals surface area contributed by atoms with E-state index in [0.717, 1.165) is 16.8 Å². The van der Waals surface area contributed by atoms with Crippen LogP contribution in [-0.4, -0.2) is 11.2 Å². The second kappa shape index (κ2) is 6.07. The number of nitrogens with two attached hydrogens (primary N) is 1. The molecule has 0 aliphatic carbocycles. The van der Waals surface area contributed by atoms with Crippen molar-refractivity contribution in [3.63, 3.8) is 0 Å². The topological polar surface area (TPSA) is 40.2 Å². The summed E-state index contributed by atoms with van der Waals surface area (Å²) in [6.45, 7) is 4.15. The quantitative estimate of drug-likeness (QED) is 0.922. The fourth-order valence-electron chi connectivity index (χ4n) is 1.87. The highest BCUT2D eigenvalue weighted by Gasteiger charge is 2.02. The van der Waals surface area contributed by atoms with Gasteiger partial charge in [0.15, 0.2) is 0 Å². The van der Waals surface area contributed by atoms with Gasteiger partial charge in [0, 0.05) is 22.9 Å². The predicted molar refractivity (Wildman–Crippen MR) is 76.7 cm³/mol. The minimum Gasteiger partial charge on any atom is -0.492 e. The first-order valence-electron chi connectivity index (χ1n) is 5.93. The van der Waals surface area contributed by atoms with Gasteiger partial charge in [-0.1, -0.05) is 22.0 Å². The van der Waals surface area contributed by atoms with Crippen LogP contribution in [-0.2, 0) is 13.1 Å². The molecule has 0 saturated heterocycles. The molecule has 1 aromatic heterocycles. The number of rotatable bonds is 5. The van der Waals surface area contributed by atoms with Crippen molar-refractivity contribution in [1.29, 1.82) is 0 Å². The predicted octanol–water partition coefficient (Wildman–Crippen LogP) is 3.10. The molecule has 0 unspecified atom stereocenters. The summed E-state index contributed by atoms with van der Waals surface area (Å²) in [6, 6.07) is 9.93. The zero-order valence-corrected chi connectivity index (χ0v) is 12.0. The Kier molecular flexibility index (Phi) is 4.44. The van der Waals surface area contributed by atoms with Gasteiger partial charge < -0.3 is 15.0 Å². The number of nitrogens with zero attached hydrogens (tertiary/aromatic N) is 1. The fourth-order valence-corrected chi connectivity index (χ4v) is 2.25. The number of hydrogen-bond acceptors (Lipinski definition) is 2. The maximum atomic E-state index is 5.71. The van der Waals surface area contributed by atoms with Crippen molar-refractivity contribution in [2.24, 2.45) is 5.73 Å². The van der Waals surface area contributed by atoms with Gasteiger partial charge in [0.1, 0.15) is 12.4 Å². The summed E-state index contributed by atoms with van der Waals surface area (Å²) in [7, 11) is 0. The SMILES string of the molecule is Cc1c(CN)ccn1CCOc1cccc(Br)c1. The van der Waals surface area contributed by atoms with Crippen LogP contribution in [0.4, 0.5) is 0 Å². The zero-order chi connectivity index (χ0) is 13.0. The van der Waals surface area contributed by atoms with Crippen LogP contribution in [0.15, 0.2) is 41.0 Å². The van der Waals surface area contributed by atoms with Crippen LogP contribution in [0.25, 0.3) is 0 Å². The average molecular weight is 309 g/mol. The molecule has 0 saturated carbocycles. The highest BCUT2D eigenvalue weighted by atomic mass is 79.9. The highest BCUT2D eigenvalue weighted by molar-refractivity contribution is 9.10. The molecule has 0 aliphatic heterocycles. The lowest BCUT2D eigenvalue weighted by molar-refractivity contribution is 0.297. The van der Waals surface area contributed by atoms with Crippen molar-refractivity contribution in [2.75, 3.05) is 6.61 Å². The van der Waals surface area contributed by atoms with Crippen molar-refractivity contribution in [2.45, 2.75) is 20.0 Å². The molecular formula is C14H17BrN2O. The molecule has 1 aromatic carbocycles. The van der Waals surface area contributed by atoms with Crippen molar-refractivity contribution < 1.29 is 4.74 Å². The molecule has 0 atom stereocenters. The maximum Gasteiger partial charge on any atom is 0.120 e. The Balaban J connectivity index is 1.90. The van der Waals surface area contributed by atoms with Gasteiger partial charge in [-0.25, -0.2) is 0 Å². The van der Waals surface area contributed by atoms with Gasteiger partial charge in [0.2, 0.25) is 0 Å². The summed E-state index contributed by atoms with van der Waals surface area (Å²) < 4.78 is 8.90. The van der Waals surface area contributed by atoms with Crippen LogP contribution in [0.3, 0.4) is 0 Å². The van der Waals surface area contributed by atoms with Crippen LogP contribution in [0.2, 0.25) is 0 Å². The maximum absolute atomic E-state index is 5.71. The van der Waals surface area contributed by atoms with E-state index in [-0.39, 0.29) is 0 Å². The molecule has 18 heavy (non-hydrogen) atoms. The Morgan fingerprint density at radius 3 is 2.83 bits per heavy atom. The third-order valence-electron chi connectivity index (χ3n) is 2.97. The van der Waals surface area contributed by atoms with Crippen LogP contribution in [0.5, 0.6) is 5.75 Å². The van der Waals surface area contributed by atoms with E-state index in [9.17, 15) is 0 Å². The van der Waals surface area contributed by atoms with E-state index in [1.165, 1.54) is 11.3 Å². The molecular weight excluding hydrogens is 292 g/mol. The van der Waals surface area contributed by atoms with Gasteiger partial charge in [0.05, 0.1) is 6.54 Å². The van der Waals surface area contributed by atoms with E-state index in [4.69, 9.17) is 10.5 Å². The minimum atomic E-state index is 0.589. The van der Waals surface area contributed by atoms with E-state index in [2.05, 4.69) is 39.7 Å². The molecule has 3 nitrogen and oxygen atoms in total. The highest BCUT2D eigenvalue weighted by Crippen LogP contribution is 2.18. The molecule has 0 fully saturated rings. The molecule has 0 bridgehead atoms. The lowest BCUT2D eigenvalue weighted by Crippen LogP contribution is -2.09. The van der Waals surface area contributed by atoms with Crippen LogP contribution < -0.4 is 10.5 Å². The van der Waals surface area contributed by atoms with E-state index in [1.54, 1.807) is 0 Å². The fraction of sp³-hybridized carbons (Fsp3) is 0.286. The van der Waals surface area contributed by atoms with E-state index >= 15 is 0 Å². The lowest BCUT2D eigenvalue weighted by Gasteiger charge is -2.09. The van der Waals surface area contributed by atoms with Crippen molar-refractivity contribution >= 4 is 15.9 Å². The first kappa shape index (κ1) is 13.2. The standard InChI is InChI=1S/C14H17BrN2O/c1-11-12(10-16)5-6-17(11)7-8-18-14-4-2-3-13(15)9-14/h2-6,9H,7-8,10,16H2,1H3. The Labute approximate surface area is 116 Å². The van der Waals surface area contributed by atoms with Crippen molar-refractivity contribution in [1.82, 2.24) is 4.57 Å². The Bertz CT molecular complexity index is 522. The van der Waals surface area contributed by atoms with Gasteiger partial charge in [-0.3, -0.25) is 0 Å². The molecule has 1 heterocycles. The molecule has 2 rings (SSSR count). The normalized spacial score (nSPS) is 10.6. The largest absolute Gasteiger partial charge is 0.492 e. The third-order valence-corrected chi connectivity index (χ3v) is 3.46. The van der Waals surface area contributed by atoms with Crippen LogP contribution in [0.1, 0.15) is 11.3 Å². The molecule has 0 spiro atoms. The molecule has 0 radical (unpaired) electrons. The molecule has 2 N–H and O–H groups in total. The number of aromatic nitrogens is 1. The van der Waals surface area contributed by atoms with E-state index in [0.29, 0.717) is 13.2 Å². The summed E-state index contributed by atoms with van der Waals surface area (Å²) in [5, 5.41) is 0. The second-order valence-corrected chi connectivity index (χ2v) is 5.05. The summed E-state index contributed by atoms with van der Waals surface area (Å²) in [6.07, 6.45) is 2.06. The van der Waals surface area contributed by atoms with Crippen LogP contribution >= 0.6 is 15.9 Å². The summed E-state index contributed by atoms with van der Waals surface area (Å²) >= 11 is 3.42. The first-order valence-corrected chi connectivity index (χ1v) is 6.73. The van der Waals surface area contributed by atoms with Crippen LogP contribution in [0, 0.1) is 6.92 Å². The van der Waals surface area contributed by atoms with E-state index < -0.39 is 0 Å². The lowest BCUT2D eigenvalue weighted by atomic mass is 10.2. The number of halogens is 1. The Hall–Kier alpha value is -1.26. The number of benzene rings is 1. The van der Waals surface area contributed by atoms with Crippen molar-refractivity contribution in [3.05, 3.63) is 52.3 Å². The number of hydrogen-bond donors (Lipinski definition) is 1. The van der Waals surface area contributed by atoms with Gasteiger partial charge in [0.25, 0.3) is 0 Å². The molecule has 4 heteroatoms. The van der Waals surface area contributed by atoms with Gasteiger partial charge in [-0.15, -0.1) is 0 Å². The van der Waals surface area contributed by atoms with Gasteiger partial charge >= 0.3 is 0 Å². The van der Waals surface area contributed by atoms with Crippen molar-refractivity contribution in [3.8, 4) is 5.75 Å². The molecule has 0 aliphatic rings. The van der Waals surface area contributed by atoms with Gasteiger partial charge in [-0.05, 0) is 36.8 Å². The number of ether oxygens (including phenoxy) is 1. The first-order chi connectivity index (χ1) is 8.70. The smallest absolute Gasteiger partial charge is 0.120 e. The minimum absolute atomic E-state index is 0.589.